The van der Waals surface area contributed by atoms with Gasteiger partial charge in [-0.2, -0.15) is 14.8 Å². The zero-order valence-corrected chi connectivity index (χ0v) is 35.0. The Morgan fingerprint density at radius 1 is 0.967 bits per heavy atom. The number of nitrogens with one attached hydrogen (secondary N) is 2. The number of benzene rings is 2. The van der Waals surface area contributed by atoms with E-state index in [2.05, 4.69) is 35.4 Å². The summed E-state index contributed by atoms with van der Waals surface area (Å²) in [4.78, 5) is 61.8. The molecule has 5 heterocycles. The summed E-state index contributed by atoms with van der Waals surface area (Å²) in [7, 11) is 0. The van der Waals surface area contributed by atoms with Gasteiger partial charge in [-0.3, -0.25) is 29.4 Å². The van der Waals surface area contributed by atoms with E-state index in [1.54, 1.807) is 36.5 Å². The number of anilines is 2. The number of hydrogen-bond donors (Lipinski definition) is 2. The second-order valence-electron chi connectivity index (χ2n) is 17.7. The smallest absolute Gasteiger partial charge is 0.275 e. The molecule has 60 heavy (non-hydrogen) atoms. The molecule has 2 aromatic carbocycles. The van der Waals surface area contributed by atoms with Gasteiger partial charge in [0.15, 0.2) is 0 Å². The number of nitriles is 1. The Kier molecular flexibility index (Phi) is 11.1. The van der Waals surface area contributed by atoms with Crippen molar-refractivity contribution in [3.63, 3.8) is 0 Å². The molecular weight excluding hydrogens is 789 g/mol. The summed E-state index contributed by atoms with van der Waals surface area (Å²) >= 11 is 6.23. The minimum Gasteiger partial charge on any atom is -0.489 e. The molecule has 2 N–H and O–H groups in total. The molecule has 16 heteroatoms. The van der Waals surface area contributed by atoms with Crippen LogP contribution in [0.15, 0.2) is 59.5 Å². The van der Waals surface area contributed by atoms with E-state index in [1.807, 2.05) is 45.9 Å². The van der Waals surface area contributed by atoms with Gasteiger partial charge in [0.2, 0.25) is 11.9 Å². The molecule has 0 spiro atoms. The first-order valence-electron chi connectivity index (χ1n) is 20.5. The lowest BCUT2D eigenvalue weighted by Crippen LogP contribution is -2.74. The van der Waals surface area contributed by atoms with Gasteiger partial charge < -0.3 is 19.9 Å². The highest BCUT2D eigenvalue weighted by Crippen LogP contribution is 2.55. The summed E-state index contributed by atoms with van der Waals surface area (Å²) in [6.07, 6.45) is 3.64. The van der Waals surface area contributed by atoms with Crippen LogP contribution in [0, 0.1) is 34.0 Å². The zero-order valence-electron chi connectivity index (χ0n) is 34.2. The summed E-state index contributed by atoms with van der Waals surface area (Å²) in [5.41, 5.74) is -0.0568. The van der Waals surface area contributed by atoms with Gasteiger partial charge in [0, 0.05) is 86.2 Å². The Labute approximate surface area is 352 Å². The fourth-order valence-corrected chi connectivity index (χ4v) is 10.2. The van der Waals surface area contributed by atoms with Crippen molar-refractivity contribution in [1.82, 2.24) is 30.3 Å². The van der Waals surface area contributed by atoms with Crippen LogP contribution in [0.2, 0.25) is 5.02 Å². The number of carbonyl (C=O) groups is 3. The number of hydrogen-bond acceptors (Lipinski definition) is 11. The highest BCUT2D eigenvalue weighted by atomic mass is 35.5. The molecule has 0 unspecified atom stereocenters. The zero-order chi connectivity index (χ0) is 42.5. The number of ether oxygens (including phenoxy) is 1. The third kappa shape index (κ3) is 7.78. The number of fused-ring (bicyclic) bond motifs is 1. The third-order valence-corrected chi connectivity index (χ3v) is 13.3. The Bertz CT molecular complexity index is 2440. The van der Waals surface area contributed by atoms with Gasteiger partial charge >= 0.3 is 0 Å². The summed E-state index contributed by atoms with van der Waals surface area (Å²) in [6, 6.07) is 14.8. The number of amides is 3. The van der Waals surface area contributed by atoms with E-state index in [1.165, 1.54) is 10.7 Å². The molecule has 3 aliphatic heterocycles. The lowest BCUT2D eigenvalue weighted by molar-refractivity contribution is -0.164. The fourth-order valence-electron chi connectivity index (χ4n) is 9.96. The van der Waals surface area contributed by atoms with Gasteiger partial charge in [0.25, 0.3) is 17.4 Å². The quantitative estimate of drug-likeness (QED) is 0.171. The topological polar surface area (TPSA) is 166 Å². The predicted molar refractivity (Wildman–Crippen MR) is 225 cm³/mol. The molecule has 3 amide bonds. The second-order valence-corrected chi connectivity index (χ2v) is 18.1. The summed E-state index contributed by atoms with van der Waals surface area (Å²) in [5, 5.41) is 20.4. The number of piperazine rings is 1. The number of aromatic nitrogens is 3. The van der Waals surface area contributed by atoms with Crippen LogP contribution in [0.3, 0.4) is 0 Å². The number of halogens is 2. The van der Waals surface area contributed by atoms with Crippen LogP contribution in [0.25, 0.3) is 10.8 Å². The molecule has 8 rings (SSSR count). The maximum absolute atomic E-state index is 15.5. The fraction of sp³-hybridized carbons (Fsp3) is 0.477. The largest absolute Gasteiger partial charge is 0.489 e. The Morgan fingerprint density at radius 3 is 2.37 bits per heavy atom. The summed E-state index contributed by atoms with van der Waals surface area (Å²) in [6.45, 7) is 14.0. The second kappa shape index (κ2) is 16.1. The van der Waals surface area contributed by atoms with Gasteiger partial charge in [-0.15, -0.1) is 0 Å². The molecule has 2 aromatic heterocycles. The summed E-state index contributed by atoms with van der Waals surface area (Å²) in [5.74, 6) is -0.610. The van der Waals surface area contributed by atoms with Gasteiger partial charge in [-0.25, -0.2) is 9.67 Å². The van der Waals surface area contributed by atoms with Gasteiger partial charge in [-0.05, 0) is 67.6 Å². The van der Waals surface area contributed by atoms with Crippen LogP contribution < -0.4 is 30.7 Å². The van der Waals surface area contributed by atoms with E-state index in [4.69, 9.17) is 16.3 Å². The van der Waals surface area contributed by atoms with Crippen molar-refractivity contribution in [3.8, 4) is 11.8 Å². The number of nitrogens with zero attached hydrogens (tertiary/aromatic N) is 7. The van der Waals surface area contributed by atoms with Crippen molar-refractivity contribution >= 4 is 51.6 Å². The molecule has 4 aromatic rings. The number of imide groups is 1. The Balaban J connectivity index is 0.807. The van der Waals surface area contributed by atoms with Crippen LogP contribution in [0.4, 0.5) is 15.9 Å². The number of carbonyl (C=O) groups excluding carboxylic acids is 3. The standard InChI is InChI=1S/C44H49ClFN9O5/c1-43(2)41(44(3,4)42(43)60-30-7-5-27(23-47)33(45)22-30)51-38(57)32-9-11-35(49-37(32)46)54-15-13-26(14-16-54)25-52-17-19-53(20-18-52)29-6-8-31-28(21-29)24-48-55(40(31)59)34-10-12-36(56)50-39(34)58/h5-9,11,21-22,24,26,34,41-42H,10,12-20,25H2,1-4H3,(H,51,57)(H,50,56,58)/t34-,41-,42-/m1/s1. The van der Waals surface area contributed by atoms with Gasteiger partial charge in [0.1, 0.15) is 29.8 Å². The van der Waals surface area contributed by atoms with E-state index < -0.39 is 34.6 Å². The lowest BCUT2D eigenvalue weighted by Gasteiger charge is -2.63. The van der Waals surface area contributed by atoms with Crippen molar-refractivity contribution in [2.45, 2.75) is 71.6 Å². The Hall–Kier alpha value is -5.59. The van der Waals surface area contributed by atoms with E-state index in [0.717, 1.165) is 64.3 Å². The van der Waals surface area contributed by atoms with Crippen molar-refractivity contribution in [2.75, 3.05) is 55.6 Å². The molecule has 314 valence electrons. The molecule has 14 nitrogen and oxygen atoms in total. The van der Waals surface area contributed by atoms with Crippen molar-refractivity contribution in [3.05, 3.63) is 87.2 Å². The SMILES string of the molecule is CC1(C)[C@H](NC(=O)c2ccc(N3CCC(CN4CCN(c5ccc6c(=O)n([C@@H]7CCC(=O)NC7=O)ncc6c5)CC4)CC3)nc2F)C(C)(C)[C@H]1Oc1ccc(C#N)c(Cl)c1. The van der Waals surface area contributed by atoms with Crippen LogP contribution in [0.1, 0.15) is 75.3 Å². The van der Waals surface area contributed by atoms with Gasteiger partial charge in [0.05, 0.1) is 27.7 Å². The molecule has 1 atom stereocenters. The molecule has 3 saturated heterocycles. The monoisotopic (exact) mass is 837 g/mol. The highest BCUT2D eigenvalue weighted by molar-refractivity contribution is 6.31. The van der Waals surface area contributed by atoms with Crippen LogP contribution in [-0.2, 0) is 9.59 Å². The molecule has 4 aliphatic rings. The Morgan fingerprint density at radius 2 is 1.70 bits per heavy atom. The minimum absolute atomic E-state index is 0.101. The number of piperidine rings is 2. The van der Waals surface area contributed by atoms with Crippen molar-refractivity contribution < 1.29 is 23.5 Å². The highest BCUT2D eigenvalue weighted by Gasteiger charge is 2.64. The molecule has 0 bridgehead atoms. The minimum atomic E-state index is -0.800. The first kappa shape index (κ1) is 41.2. The van der Waals surface area contributed by atoms with Crippen molar-refractivity contribution in [2.24, 2.45) is 16.7 Å². The van der Waals surface area contributed by atoms with Crippen LogP contribution in [-0.4, -0.2) is 95.3 Å². The first-order chi connectivity index (χ1) is 28.6. The van der Waals surface area contributed by atoms with E-state index in [-0.39, 0.29) is 42.0 Å². The molecule has 1 aliphatic carbocycles. The maximum atomic E-state index is 15.5. The maximum Gasteiger partial charge on any atom is 0.275 e. The molecule has 0 radical (unpaired) electrons. The van der Waals surface area contributed by atoms with Crippen molar-refractivity contribution in [1.29, 1.82) is 5.26 Å². The van der Waals surface area contributed by atoms with Gasteiger partial charge in [-0.1, -0.05) is 39.3 Å². The normalized spacial score (nSPS) is 23.1. The van der Waals surface area contributed by atoms with E-state index in [9.17, 15) is 24.4 Å². The van der Waals surface area contributed by atoms with Crippen LogP contribution >= 0.6 is 11.6 Å². The lowest BCUT2D eigenvalue weighted by atomic mass is 9.49. The third-order valence-electron chi connectivity index (χ3n) is 13.0. The molecule has 4 fully saturated rings. The first-order valence-corrected chi connectivity index (χ1v) is 20.9. The number of rotatable bonds is 9. The molecular formula is C44H49ClFN9O5. The predicted octanol–water partition coefficient (Wildman–Crippen LogP) is 5.08. The molecule has 1 saturated carbocycles. The summed E-state index contributed by atoms with van der Waals surface area (Å²) < 4.78 is 23.0. The van der Waals surface area contributed by atoms with Crippen LogP contribution in [0.5, 0.6) is 5.75 Å². The average molecular weight is 838 g/mol. The average Bonchev–Trinajstić information content (AvgIpc) is 3.22. The van der Waals surface area contributed by atoms with E-state index >= 15 is 4.39 Å². The van der Waals surface area contributed by atoms with E-state index in [0.29, 0.717) is 38.8 Å². The number of pyridine rings is 1.